The molecular formula is C48H31N3. The summed E-state index contributed by atoms with van der Waals surface area (Å²) >= 11 is 0. The second-order valence-electron chi connectivity index (χ2n) is 13.0. The van der Waals surface area contributed by atoms with Crippen molar-refractivity contribution in [3.8, 4) is 55.6 Å². The average molecular weight is 650 g/mol. The Morgan fingerprint density at radius 3 is 1.57 bits per heavy atom. The van der Waals surface area contributed by atoms with E-state index in [0.29, 0.717) is 0 Å². The molecule has 1 aliphatic rings. The molecule has 51 heavy (non-hydrogen) atoms. The molecule has 0 fully saturated rings. The van der Waals surface area contributed by atoms with Crippen LogP contribution in [0.15, 0.2) is 189 Å². The van der Waals surface area contributed by atoms with Crippen molar-refractivity contribution in [1.82, 2.24) is 9.97 Å². The predicted octanol–water partition coefficient (Wildman–Crippen LogP) is 12.9. The first kappa shape index (κ1) is 29.1. The molecule has 1 aliphatic carbocycles. The molecule has 0 atom stereocenters. The fourth-order valence-electron chi connectivity index (χ4n) is 8.10. The number of hydrogen-bond acceptors (Lipinski definition) is 3. The van der Waals surface area contributed by atoms with Gasteiger partial charge in [0.1, 0.15) is 0 Å². The van der Waals surface area contributed by atoms with Gasteiger partial charge in [0, 0.05) is 30.0 Å². The van der Waals surface area contributed by atoms with E-state index in [1.165, 1.54) is 71.6 Å². The summed E-state index contributed by atoms with van der Waals surface area (Å²) in [4.78, 5) is 11.0. The third kappa shape index (κ3) is 4.67. The zero-order valence-corrected chi connectivity index (χ0v) is 27.7. The molecule has 0 unspecified atom stereocenters. The van der Waals surface area contributed by atoms with Crippen molar-refractivity contribution in [3.63, 3.8) is 0 Å². The van der Waals surface area contributed by atoms with Crippen molar-refractivity contribution in [3.05, 3.63) is 189 Å². The summed E-state index contributed by atoms with van der Waals surface area (Å²) in [5.41, 5.74) is 15.7. The first-order valence-electron chi connectivity index (χ1n) is 17.3. The Balaban J connectivity index is 1.24. The standard InChI is InChI=1S/C48H31N3/c1-3-12-32(13-4-1)44-40-19-7-8-20-41(40)45(33-14-5-2-6-15-33)48-43-24-23-38(39-21-10-22-42(46(39)43)47(44)48)34-16-9-17-36(30-34)51(35-25-28-49-29-26-35)37-18-11-27-50-31-37/h1-31H. The summed E-state index contributed by atoms with van der Waals surface area (Å²) in [6, 6.07) is 59.2. The zero-order valence-electron chi connectivity index (χ0n) is 27.7. The minimum Gasteiger partial charge on any atom is -0.309 e. The molecule has 0 saturated carbocycles. The molecule has 2 aromatic heterocycles. The molecule has 3 nitrogen and oxygen atoms in total. The molecule has 7 aromatic carbocycles. The van der Waals surface area contributed by atoms with Gasteiger partial charge in [0.2, 0.25) is 0 Å². The second-order valence-corrected chi connectivity index (χ2v) is 13.0. The van der Waals surface area contributed by atoms with E-state index in [1.807, 2.05) is 43.0 Å². The highest BCUT2D eigenvalue weighted by Gasteiger charge is 2.31. The van der Waals surface area contributed by atoms with Gasteiger partial charge in [0.05, 0.1) is 11.9 Å². The molecule has 0 amide bonds. The van der Waals surface area contributed by atoms with Crippen molar-refractivity contribution in [2.45, 2.75) is 0 Å². The number of anilines is 3. The minimum atomic E-state index is 0.991. The Morgan fingerprint density at radius 2 is 0.902 bits per heavy atom. The van der Waals surface area contributed by atoms with Gasteiger partial charge < -0.3 is 4.90 Å². The summed E-state index contributed by atoms with van der Waals surface area (Å²) in [5, 5.41) is 5.09. The van der Waals surface area contributed by atoms with Crippen molar-refractivity contribution in [1.29, 1.82) is 0 Å². The summed E-state index contributed by atoms with van der Waals surface area (Å²) in [6.07, 6.45) is 7.38. The van der Waals surface area contributed by atoms with Gasteiger partial charge in [0.25, 0.3) is 0 Å². The highest BCUT2D eigenvalue weighted by Crippen LogP contribution is 2.58. The number of nitrogens with zero attached hydrogens (tertiary/aromatic N) is 3. The van der Waals surface area contributed by atoms with Crippen LogP contribution in [0.4, 0.5) is 17.1 Å². The molecule has 0 spiro atoms. The van der Waals surface area contributed by atoms with Gasteiger partial charge in [-0.05, 0) is 114 Å². The normalized spacial score (nSPS) is 11.5. The summed E-state index contributed by atoms with van der Waals surface area (Å²) in [7, 11) is 0. The molecule has 0 bridgehead atoms. The number of pyridine rings is 2. The van der Waals surface area contributed by atoms with E-state index in [-0.39, 0.29) is 0 Å². The molecule has 9 aromatic rings. The van der Waals surface area contributed by atoms with Crippen LogP contribution < -0.4 is 4.90 Å². The largest absolute Gasteiger partial charge is 0.309 e. The average Bonchev–Trinajstić information content (AvgIpc) is 3.53. The minimum absolute atomic E-state index is 0.991. The maximum absolute atomic E-state index is 4.44. The van der Waals surface area contributed by atoms with Crippen molar-refractivity contribution >= 4 is 38.6 Å². The van der Waals surface area contributed by atoms with Gasteiger partial charge in [-0.2, -0.15) is 0 Å². The van der Waals surface area contributed by atoms with Crippen LogP contribution in [0.3, 0.4) is 0 Å². The number of benzene rings is 7. The highest BCUT2D eigenvalue weighted by molar-refractivity contribution is 6.28. The summed E-state index contributed by atoms with van der Waals surface area (Å²) in [6.45, 7) is 0. The molecule has 2 heterocycles. The maximum atomic E-state index is 4.44. The van der Waals surface area contributed by atoms with Gasteiger partial charge in [-0.25, -0.2) is 0 Å². The number of hydrogen-bond donors (Lipinski definition) is 0. The third-order valence-electron chi connectivity index (χ3n) is 10.2. The third-order valence-corrected chi connectivity index (χ3v) is 10.2. The van der Waals surface area contributed by atoms with Crippen LogP contribution in [-0.4, -0.2) is 9.97 Å². The molecule has 0 N–H and O–H groups in total. The molecule has 3 heteroatoms. The van der Waals surface area contributed by atoms with E-state index >= 15 is 0 Å². The molecule has 0 radical (unpaired) electrons. The van der Waals surface area contributed by atoms with Gasteiger partial charge in [0.15, 0.2) is 0 Å². The number of aromatic nitrogens is 2. The summed E-state index contributed by atoms with van der Waals surface area (Å²) in [5.74, 6) is 0. The maximum Gasteiger partial charge on any atom is 0.0644 e. The topological polar surface area (TPSA) is 29.0 Å². The monoisotopic (exact) mass is 649 g/mol. The molecule has 10 rings (SSSR count). The van der Waals surface area contributed by atoms with Gasteiger partial charge in [-0.3, -0.25) is 9.97 Å². The SMILES string of the molecule is c1ccc(-c2c3c(c(-c4ccccc4)c4ccccc24)-c2ccc(-c4cccc(N(c5ccncc5)c5cccnc5)c4)c4cccc-3c24)cc1. The van der Waals surface area contributed by atoms with Crippen LogP contribution >= 0.6 is 0 Å². The van der Waals surface area contributed by atoms with Crippen LogP contribution in [0.1, 0.15) is 0 Å². The van der Waals surface area contributed by atoms with Crippen molar-refractivity contribution in [2.75, 3.05) is 4.90 Å². The lowest BCUT2D eigenvalue weighted by molar-refractivity contribution is 1.21. The Kier molecular flexibility index (Phi) is 6.81. The fraction of sp³-hybridized carbons (Fsp3) is 0. The molecule has 238 valence electrons. The number of rotatable bonds is 6. The lowest BCUT2D eigenvalue weighted by Crippen LogP contribution is -2.10. The first-order valence-corrected chi connectivity index (χ1v) is 17.3. The van der Waals surface area contributed by atoms with Crippen LogP contribution in [-0.2, 0) is 0 Å². The van der Waals surface area contributed by atoms with Crippen molar-refractivity contribution in [2.24, 2.45) is 0 Å². The molecule has 0 aliphatic heterocycles. The van der Waals surface area contributed by atoms with Gasteiger partial charge in [-0.1, -0.05) is 127 Å². The van der Waals surface area contributed by atoms with Crippen LogP contribution in [0, 0.1) is 0 Å². The first-order chi connectivity index (χ1) is 25.3. The van der Waals surface area contributed by atoms with E-state index in [4.69, 9.17) is 0 Å². The quantitative estimate of drug-likeness (QED) is 0.179. The lowest BCUT2D eigenvalue weighted by atomic mass is 9.82. The molecular weight excluding hydrogens is 619 g/mol. The zero-order chi connectivity index (χ0) is 33.7. The van der Waals surface area contributed by atoms with E-state index in [9.17, 15) is 0 Å². The Morgan fingerprint density at radius 1 is 0.333 bits per heavy atom. The van der Waals surface area contributed by atoms with E-state index in [2.05, 4.69) is 160 Å². The highest BCUT2D eigenvalue weighted by atomic mass is 15.1. The van der Waals surface area contributed by atoms with E-state index in [0.717, 1.165) is 22.6 Å². The Bertz CT molecular complexity index is 2590. The lowest BCUT2D eigenvalue weighted by Gasteiger charge is -2.25. The second kappa shape index (κ2) is 11.9. The summed E-state index contributed by atoms with van der Waals surface area (Å²) < 4.78 is 0. The molecule has 0 saturated heterocycles. The predicted molar refractivity (Wildman–Crippen MR) is 212 cm³/mol. The van der Waals surface area contributed by atoms with Crippen molar-refractivity contribution < 1.29 is 0 Å². The van der Waals surface area contributed by atoms with Gasteiger partial charge in [-0.15, -0.1) is 0 Å². The fourth-order valence-corrected chi connectivity index (χ4v) is 8.10. The smallest absolute Gasteiger partial charge is 0.0644 e. The van der Waals surface area contributed by atoms with Crippen LogP contribution in [0.2, 0.25) is 0 Å². The van der Waals surface area contributed by atoms with Crippen LogP contribution in [0.5, 0.6) is 0 Å². The van der Waals surface area contributed by atoms with Gasteiger partial charge >= 0.3 is 0 Å². The van der Waals surface area contributed by atoms with E-state index < -0.39 is 0 Å². The Hall–Kier alpha value is -6.84. The van der Waals surface area contributed by atoms with Crippen LogP contribution in [0.25, 0.3) is 77.2 Å². The number of fused-ring (bicyclic) bond motifs is 4. The van der Waals surface area contributed by atoms with E-state index in [1.54, 1.807) is 0 Å². The Labute approximate surface area is 296 Å².